The van der Waals surface area contributed by atoms with E-state index in [0.29, 0.717) is 28.4 Å². The van der Waals surface area contributed by atoms with Crippen LogP contribution in [0.1, 0.15) is 27.6 Å². The monoisotopic (exact) mass is 361 g/mol. The molecule has 1 heterocycles. The highest BCUT2D eigenvalue weighted by atomic mass is 16.5. The molecule has 0 atom stereocenters. The van der Waals surface area contributed by atoms with Crippen molar-refractivity contribution in [3.8, 4) is 5.75 Å². The number of para-hydroxylation sites is 2. The lowest BCUT2D eigenvalue weighted by molar-refractivity contribution is 0.101. The molecule has 0 unspecified atom stereocenters. The van der Waals surface area contributed by atoms with Crippen LogP contribution in [0.2, 0.25) is 0 Å². The van der Waals surface area contributed by atoms with Gasteiger partial charge in [-0.05, 0) is 43.3 Å². The summed E-state index contributed by atoms with van der Waals surface area (Å²) in [5.41, 5.74) is 2.38. The van der Waals surface area contributed by atoms with Gasteiger partial charge >= 0.3 is 0 Å². The number of pyridine rings is 1. The number of nitrogens with one attached hydrogen (secondary N) is 2. The molecular formula is C21H19N3O3. The summed E-state index contributed by atoms with van der Waals surface area (Å²) in [6.07, 6.45) is 1.49. The summed E-state index contributed by atoms with van der Waals surface area (Å²) in [4.78, 5) is 28.1. The zero-order valence-corrected chi connectivity index (χ0v) is 15.0. The van der Waals surface area contributed by atoms with Crippen molar-refractivity contribution in [3.63, 3.8) is 0 Å². The highest BCUT2D eigenvalue weighted by Crippen LogP contribution is 2.24. The highest BCUT2D eigenvalue weighted by Gasteiger charge is 2.10. The number of amides is 1. The van der Waals surface area contributed by atoms with E-state index in [-0.39, 0.29) is 11.7 Å². The van der Waals surface area contributed by atoms with Crippen molar-refractivity contribution in [1.82, 2.24) is 4.98 Å². The zero-order valence-electron chi connectivity index (χ0n) is 15.0. The van der Waals surface area contributed by atoms with Crippen LogP contribution >= 0.6 is 0 Å². The first kappa shape index (κ1) is 18.1. The molecule has 1 aromatic heterocycles. The van der Waals surface area contributed by atoms with E-state index in [2.05, 4.69) is 15.6 Å². The maximum absolute atomic E-state index is 12.4. The number of ketones is 1. The maximum Gasteiger partial charge on any atom is 0.257 e. The van der Waals surface area contributed by atoms with Crippen LogP contribution in [-0.4, -0.2) is 23.8 Å². The fourth-order valence-corrected chi connectivity index (χ4v) is 2.51. The van der Waals surface area contributed by atoms with Crippen molar-refractivity contribution >= 4 is 28.9 Å². The summed E-state index contributed by atoms with van der Waals surface area (Å²) in [5.74, 6) is 0.874. The predicted octanol–water partition coefficient (Wildman–Crippen LogP) is 4.29. The standard InChI is InChI=1S/C21H19N3O3/c1-14(25)15-6-5-7-17(12-15)23-20-11-10-16(13-22-20)21(26)24-18-8-3-4-9-19(18)27-2/h3-13H,1-2H3,(H,22,23)(H,24,26). The molecule has 0 spiro atoms. The molecule has 3 rings (SSSR count). The Labute approximate surface area is 157 Å². The summed E-state index contributed by atoms with van der Waals surface area (Å²) in [6.45, 7) is 1.52. The van der Waals surface area contributed by atoms with Crippen molar-refractivity contribution < 1.29 is 14.3 Å². The number of anilines is 3. The second-order valence-electron chi connectivity index (χ2n) is 5.85. The fourth-order valence-electron chi connectivity index (χ4n) is 2.51. The molecule has 0 aliphatic heterocycles. The fraction of sp³-hybridized carbons (Fsp3) is 0.0952. The second-order valence-corrected chi connectivity index (χ2v) is 5.85. The molecule has 0 aliphatic rings. The van der Waals surface area contributed by atoms with Gasteiger partial charge in [0.05, 0.1) is 18.4 Å². The minimum Gasteiger partial charge on any atom is -0.495 e. The van der Waals surface area contributed by atoms with Crippen LogP contribution in [0, 0.1) is 0 Å². The number of carbonyl (C=O) groups is 2. The third kappa shape index (κ3) is 4.49. The van der Waals surface area contributed by atoms with Crippen molar-refractivity contribution in [2.45, 2.75) is 6.92 Å². The molecule has 0 saturated carbocycles. The van der Waals surface area contributed by atoms with Gasteiger partial charge in [0.2, 0.25) is 0 Å². The summed E-state index contributed by atoms with van der Waals surface area (Å²) >= 11 is 0. The Morgan fingerprint density at radius 2 is 1.78 bits per heavy atom. The average Bonchev–Trinajstić information content (AvgIpc) is 2.69. The van der Waals surface area contributed by atoms with Gasteiger partial charge in [-0.1, -0.05) is 24.3 Å². The maximum atomic E-state index is 12.4. The normalized spacial score (nSPS) is 10.1. The number of methoxy groups -OCH3 is 1. The van der Waals surface area contributed by atoms with Crippen molar-refractivity contribution in [3.05, 3.63) is 78.0 Å². The Morgan fingerprint density at radius 1 is 0.963 bits per heavy atom. The summed E-state index contributed by atoms with van der Waals surface area (Å²) in [6, 6.07) is 17.7. The van der Waals surface area contributed by atoms with Crippen LogP contribution in [0.15, 0.2) is 66.9 Å². The molecule has 2 N–H and O–H groups in total. The van der Waals surface area contributed by atoms with E-state index < -0.39 is 0 Å². The topological polar surface area (TPSA) is 80.3 Å². The summed E-state index contributed by atoms with van der Waals surface area (Å²) in [7, 11) is 1.55. The number of rotatable bonds is 6. The van der Waals surface area contributed by atoms with Crippen LogP contribution in [-0.2, 0) is 0 Å². The van der Waals surface area contributed by atoms with Gasteiger partial charge in [-0.15, -0.1) is 0 Å². The molecule has 2 aromatic carbocycles. The van der Waals surface area contributed by atoms with Gasteiger partial charge in [-0.3, -0.25) is 9.59 Å². The van der Waals surface area contributed by atoms with Crippen molar-refractivity contribution in [2.24, 2.45) is 0 Å². The van der Waals surface area contributed by atoms with Gasteiger partial charge in [0, 0.05) is 17.4 Å². The van der Waals surface area contributed by atoms with Gasteiger partial charge in [-0.25, -0.2) is 4.98 Å². The van der Waals surface area contributed by atoms with E-state index in [4.69, 9.17) is 4.74 Å². The lowest BCUT2D eigenvalue weighted by Crippen LogP contribution is -2.13. The number of benzene rings is 2. The Hall–Kier alpha value is -3.67. The minimum atomic E-state index is -0.280. The molecule has 6 heteroatoms. The Balaban J connectivity index is 1.70. The molecule has 0 radical (unpaired) electrons. The number of carbonyl (C=O) groups excluding carboxylic acids is 2. The van der Waals surface area contributed by atoms with E-state index in [0.717, 1.165) is 5.69 Å². The number of Topliss-reactive ketones (excluding diaryl/α,β-unsaturated/α-hetero) is 1. The first-order valence-electron chi connectivity index (χ1n) is 8.35. The van der Waals surface area contributed by atoms with Gasteiger partial charge in [0.15, 0.2) is 5.78 Å². The average molecular weight is 361 g/mol. The second kappa shape index (κ2) is 8.14. The van der Waals surface area contributed by atoms with E-state index in [1.807, 2.05) is 18.2 Å². The third-order valence-electron chi connectivity index (χ3n) is 3.92. The summed E-state index contributed by atoms with van der Waals surface area (Å²) < 4.78 is 5.23. The van der Waals surface area contributed by atoms with Crippen LogP contribution in [0.3, 0.4) is 0 Å². The smallest absolute Gasteiger partial charge is 0.257 e. The first-order valence-corrected chi connectivity index (χ1v) is 8.35. The molecule has 0 saturated heterocycles. The molecule has 0 fully saturated rings. The number of nitrogens with zero attached hydrogens (tertiary/aromatic N) is 1. The van der Waals surface area contributed by atoms with Crippen LogP contribution in [0.25, 0.3) is 0 Å². The Morgan fingerprint density at radius 3 is 2.48 bits per heavy atom. The van der Waals surface area contributed by atoms with Crippen LogP contribution in [0.4, 0.5) is 17.2 Å². The van der Waals surface area contributed by atoms with Gasteiger partial charge in [-0.2, -0.15) is 0 Å². The van der Waals surface area contributed by atoms with Crippen LogP contribution < -0.4 is 15.4 Å². The van der Waals surface area contributed by atoms with E-state index in [9.17, 15) is 9.59 Å². The molecular weight excluding hydrogens is 342 g/mol. The molecule has 3 aromatic rings. The molecule has 27 heavy (non-hydrogen) atoms. The lowest BCUT2D eigenvalue weighted by atomic mass is 10.1. The number of hydrogen-bond acceptors (Lipinski definition) is 5. The number of hydrogen-bond donors (Lipinski definition) is 2. The van der Waals surface area contributed by atoms with Crippen molar-refractivity contribution in [1.29, 1.82) is 0 Å². The molecule has 136 valence electrons. The van der Waals surface area contributed by atoms with Crippen molar-refractivity contribution in [2.75, 3.05) is 17.7 Å². The van der Waals surface area contributed by atoms with Gasteiger partial charge in [0.1, 0.15) is 11.6 Å². The SMILES string of the molecule is COc1ccccc1NC(=O)c1ccc(Nc2cccc(C(C)=O)c2)nc1. The molecule has 6 nitrogen and oxygen atoms in total. The number of aromatic nitrogens is 1. The predicted molar refractivity (Wildman–Crippen MR) is 105 cm³/mol. The Kier molecular flexibility index (Phi) is 5.47. The summed E-state index contributed by atoms with van der Waals surface area (Å²) in [5, 5.41) is 5.92. The quantitative estimate of drug-likeness (QED) is 0.640. The highest BCUT2D eigenvalue weighted by molar-refractivity contribution is 6.05. The number of ether oxygens (including phenoxy) is 1. The lowest BCUT2D eigenvalue weighted by Gasteiger charge is -2.10. The zero-order chi connectivity index (χ0) is 19.2. The van der Waals surface area contributed by atoms with E-state index >= 15 is 0 Å². The van der Waals surface area contributed by atoms with Crippen LogP contribution in [0.5, 0.6) is 5.75 Å². The molecule has 0 aliphatic carbocycles. The molecule has 0 bridgehead atoms. The van der Waals surface area contributed by atoms with E-state index in [1.54, 1.807) is 49.6 Å². The largest absolute Gasteiger partial charge is 0.495 e. The Bertz CT molecular complexity index is 968. The van der Waals surface area contributed by atoms with Gasteiger partial charge < -0.3 is 15.4 Å². The minimum absolute atomic E-state index is 0.00466. The third-order valence-corrected chi connectivity index (χ3v) is 3.92. The first-order chi connectivity index (χ1) is 13.1. The molecule has 1 amide bonds. The van der Waals surface area contributed by atoms with E-state index in [1.165, 1.54) is 13.1 Å². The van der Waals surface area contributed by atoms with Gasteiger partial charge in [0.25, 0.3) is 5.91 Å².